The van der Waals surface area contributed by atoms with Crippen LogP contribution in [0.15, 0.2) is 24.3 Å². The van der Waals surface area contributed by atoms with Gasteiger partial charge in [-0.05, 0) is 17.2 Å². The van der Waals surface area contributed by atoms with Gasteiger partial charge in [-0.15, -0.1) is 0 Å². The van der Waals surface area contributed by atoms with Gasteiger partial charge < -0.3 is 10.1 Å². The van der Waals surface area contributed by atoms with E-state index in [1.165, 1.54) is 11.1 Å². The molecular formula is C13H14N2O7S. The SMILES string of the molecule is CC(=O)N[C@@H]1C(=O)N(S(=O)(=O)O)[C@H]1OC(C)=O.c1cc2cc-2c1. The number of carbonyl (C=O) groups is 3. The van der Waals surface area contributed by atoms with E-state index < -0.39 is 40.4 Å². The first-order chi connectivity index (χ1) is 10.6. The molecule has 0 saturated carbocycles. The Balaban J connectivity index is 0.000000260. The summed E-state index contributed by atoms with van der Waals surface area (Å²) in [5.74, 6) is -2.53. The minimum absolute atomic E-state index is 0.0188. The Labute approximate surface area is 132 Å². The predicted octanol–water partition coefficient (Wildman–Crippen LogP) is -0.308. The maximum Gasteiger partial charge on any atom is 0.365 e. The fraction of sp³-hybridized carbons (Fsp3) is 0.308. The van der Waals surface area contributed by atoms with Crippen LogP contribution in [-0.4, -0.2) is 47.3 Å². The molecule has 2 amide bonds. The molecule has 0 unspecified atom stereocenters. The Kier molecular flexibility index (Phi) is 4.39. The topological polar surface area (TPSA) is 130 Å². The molecule has 0 spiro atoms. The molecule has 1 heterocycles. The number of carbonyl (C=O) groups excluding carboxylic acids is 3. The maximum atomic E-state index is 11.3. The highest BCUT2D eigenvalue weighted by molar-refractivity contribution is 7.84. The average molecular weight is 342 g/mol. The molecule has 3 rings (SSSR count). The molecule has 1 saturated heterocycles. The number of benzene rings is 1. The number of ether oxygens (including phenoxy) is 1. The summed E-state index contributed by atoms with van der Waals surface area (Å²) in [6.45, 7) is 2.10. The number of nitrogens with zero attached hydrogens (tertiary/aromatic N) is 1. The Bertz CT molecular complexity index is 757. The van der Waals surface area contributed by atoms with Crippen LogP contribution < -0.4 is 5.32 Å². The number of hydrogen-bond donors (Lipinski definition) is 2. The van der Waals surface area contributed by atoms with Crippen molar-refractivity contribution >= 4 is 28.1 Å². The van der Waals surface area contributed by atoms with Crippen molar-refractivity contribution in [3.05, 3.63) is 24.3 Å². The van der Waals surface area contributed by atoms with Crippen LogP contribution in [0.5, 0.6) is 0 Å². The van der Waals surface area contributed by atoms with Crippen molar-refractivity contribution in [1.29, 1.82) is 0 Å². The van der Waals surface area contributed by atoms with Gasteiger partial charge in [0.1, 0.15) is 0 Å². The Morgan fingerprint density at radius 2 is 1.83 bits per heavy atom. The molecule has 0 bridgehead atoms. The summed E-state index contributed by atoms with van der Waals surface area (Å²) in [6.07, 6.45) is -1.56. The summed E-state index contributed by atoms with van der Waals surface area (Å²) in [6, 6.07) is 7.17. The van der Waals surface area contributed by atoms with Gasteiger partial charge in [-0.1, -0.05) is 18.2 Å². The van der Waals surface area contributed by atoms with Crippen molar-refractivity contribution < 1.29 is 32.1 Å². The molecule has 2 aliphatic carbocycles. The molecule has 2 atom stereocenters. The number of hydrogen-bond acceptors (Lipinski definition) is 6. The normalized spacial score (nSPS) is 20.7. The van der Waals surface area contributed by atoms with Gasteiger partial charge in [0.05, 0.1) is 0 Å². The quantitative estimate of drug-likeness (QED) is 0.444. The molecule has 3 aliphatic rings. The van der Waals surface area contributed by atoms with E-state index in [0.717, 1.165) is 13.8 Å². The van der Waals surface area contributed by atoms with Gasteiger partial charge >= 0.3 is 16.3 Å². The van der Waals surface area contributed by atoms with Crippen LogP contribution in [0.1, 0.15) is 13.8 Å². The number of fused-ring (bicyclic) bond motifs is 1. The van der Waals surface area contributed by atoms with Crippen LogP contribution in [-0.2, 0) is 29.4 Å². The van der Waals surface area contributed by atoms with Gasteiger partial charge in [-0.3, -0.25) is 18.9 Å². The lowest BCUT2D eigenvalue weighted by Crippen LogP contribution is -2.72. The third-order valence-corrected chi connectivity index (χ3v) is 3.89. The van der Waals surface area contributed by atoms with Crippen LogP contribution in [0.25, 0.3) is 11.1 Å². The Morgan fingerprint density at radius 1 is 1.26 bits per heavy atom. The first-order valence-corrected chi connectivity index (χ1v) is 7.86. The van der Waals surface area contributed by atoms with Crippen LogP contribution in [0.3, 0.4) is 0 Å². The maximum absolute atomic E-state index is 11.3. The molecule has 124 valence electrons. The van der Waals surface area contributed by atoms with Gasteiger partial charge in [0.15, 0.2) is 6.04 Å². The molecular weight excluding hydrogens is 328 g/mol. The van der Waals surface area contributed by atoms with Gasteiger partial charge in [0.2, 0.25) is 12.1 Å². The highest BCUT2D eigenvalue weighted by Crippen LogP contribution is 2.32. The van der Waals surface area contributed by atoms with E-state index in [-0.39, 0.29) is 4.31 Å². The molecule has 0 aromatic carbocycles. The number of β-lactam (4-membered cyclic amide) rings is 1. The lowest BCUT2D eigenvalue weighted by molar-refractivity contribution is -0.178. The van der Waals surface area contributed by atoms with Gasteiger partial charge in [0.25, 0.3) is 5.91 Å². The van der Waals surface area contributed by atoms with Crippen LogP contribution in [0.4, 0.5) is 0 Å². The highest BCUT2D eigenvalue weighted by atomic mass is 32.2. The molecule has 10 heteroatoms. The minimum atomic E-state index is -4.82. The first kappa shape index (κ1) is 16.9. The summed E-state index contributed by atoms with van der Waals surface area (Å²) < 4.78 is 34.8. The molecule has 1 fully saturated rings. The zero-order valence-electron chi connectivity index (χ0n) is 12.2. The van der Waals surface area contributed by atoms with Crippen molar-refractivity contribution in [1.82, 2.24) is 9.62 Å². The van der Waals surface area contributed by atoms with E-state index in [4.69, 9.17) is 4.55 Å². The second-order valence-electron chi connectivity index (χ2n) is 4.87. The highest BCUT2D eigenvalue weighted by Gasteiger charge is 2.56. The van der Waals surface area contributed by atoms with Crippen LogP contribution >= 0.6 is 0 Å². The monoisotopic (exact) mass is 342 g/mol. The lowest BCUT2D eigenvalue weighted by atomic mass is 10.1. The zero-order chi connectivity index (χ0) is 17.4. The first-order valence-electron chi connectivity index (χ1n) is 6.46. The Morgan fingerprint density at radius 3 is 2.13 bits per heavy atom. The fourth-order valence-electron chi connectivity index (χ4n) is 2.00. The molecule has 9 nitrogen and oxygen atoms in total. The van der Waals surface area contributed by atoms with Crippen molar-refractivity contribution in [2.24, 2.45) is 0 Å². The summed E-state index contributed by atoms with van der Waals surface area (Å²) >= 11 is 0. The zero-order valence-corrected chi connectivity index (χ0v) is 13.0. The average Bonchev–Trinajstić information content (AvgIpc) is 3.00. The summed E-state index contributed by atoms with van der Waals surface area (Å²) in [7, 11) is -4.82. The third kappa shape index (κ3) is 3.85. The summed E-state index contributed by atoms with van der Waals surface area (Å²) in [4.78, 5) is 32.8. The van der Waals surface area contributed by atoms with Gasteiger partial charge in [0, 0.05) is 13.8 Å². The molecule has 2 N–H and O–H groups in total. The molecule has 1 aliphatic heterocycles. The van der Waals surface area contributed by atoms with Gasteiger partial charge in [-0.2, -0.15) is 12.7 Å². The van der Waals surface area contributed by atoms with Crippen molar-refractivity contribution in [3.8, 4) is 11.1 Å². The third-order valence-electron chi connectivity index (χ3n) is 3.01. The van der Waals surface area contributed by atoms with Crippen molar-refractivity contribution in [2.75, 3.05) is 0 Å². The van der Waals surface area contributed by atoms with E-state index in [2.05, 4.69) is 34.3 Å². The van der Waals surface area contributed by atoms with Crippen molar-refractivity contribution in [3.63, 3.8) is 0 Å². The van der Waals surface area contributed by atoms with Gasteiger partial charge in [-0.25, -0.2) is 0 Å². The minimum Gasteiger partial charge on any atom is -0.438 e. The number of esters is 1. The lowest BCUT2D eigenvalue weighted by Gasteiger charge is -2.42. The standard InChI is InChI=1S/C7H10N2O7S.C6H4/c1-3(10)8-5-6(12)9(17(13,14)15)7(5)16-4(2)11;1-2-5-4-6(5)3-1/h5,7H,1-2H3,(H,8,10)(H,13,14,15);1-4H/t5-,7+;/m1./s1. The molecule has 23 heavy (non-hydrogen) atoms. The van der Waals surface area contributed by atoms with Crippen LogP contribution in [0.2, 0.25) is 0 Å². The predicted molar refractivity (Wildman–Crippen MR) is 77.0 cm³/mol. The fourth-order valence-corrected chi connectivity index (χ4v) is 2.76. The molecule has 0 aromatic heterocycles. The molecule has 0 aromatic rings. The molecule has 0 radical (unpaired) electrons. The van der Waals surface area contributed by atoms with Crippen LogP contribution in [0, 0.1) is 0 Å². The number of rotatable bonds is 3. The summed E-state index contributed by atoms with van der Waals surface area (Å²) in [5, 5.41) is 2.10. The smallest absolute Gasteiger partial charge is 0.365 e. The van der Waals surface area contributed by atoms with Crippen molar-refractivity contribution in [2.45, 2.75) is 26.1 Å². The van der Waals surface area contributed by atoms with E-state index in [1.807, 2.05) is 0 Å². The number of amides is 2. The van der Waals surface area contributed by atoms with E-state index in [1.54, 1.807) is 0 Å². The van der Waals surface area contributed by atoms with E-state index in [9.17, 15) is 22.8 Å². The second-order valence-corrected chi connectivity index (χ2v) is 6.16. The number of nitrogens with one attached hydrogen (secondary N) is 1. The second kappa shape index (κ2) is 5.97. The summed E-state index contributed by atoms with van der Waals surface area (Å²) in [5.41, 5.74) is 2.85. The van der Waals surface area contributed by atoms with E-state index in [0.29, 0.717) is 0 Å². The largest absolute Gasteiger partial charge is 0.438 e. The Hall–Kier alpha value is -2.46. The van der Waals surface area contributed by atoms with E-state index >= 15 is 0 Å².